The van der Waals surface area contributed by atoms with Gasteiger partial charge in [-0.2, -0.15) is 0 Å². The van der Waals surface area contributed by atoms with E-state index in [4.69, 9.17) is 16.2 Å². The molecule has 0 radical (unpaired) electrons. The lowest BCUT2D eigenvalue weighted by Crippen LogP contribution is -2.09. The first-order valence-electron chi connectivity index (χ1n) is 3.60. The number of esters is 1. The second-order valence-electron chi connectivity index (χ2n) is 2.38. The molecule has 0 fully saturated rings. The highest BCUT2D eigenvalue weighted by atomic mass is 35.5. The van der Waals surface area contributed by atoms with Crippen LogP contribution in [-0.4, -0.2) is 20.7 Å². The van der Waals surface area contributed by atoms with Gasteiger partial charge in [-0.05, 0) is 24.3 Å². The Balaban J connectivity index is 2.61. The third kappa shape index (κ3) is 3.45. The number of hydrogen-bond acceptors (Lipinski definition) is 3. The standard InChI is InChI=1S/C8H7ClO4S/c9-7-3-1-6(2-4-7)8(10)13-5-14(11)12/h1-4H,5H2,(H,11,12). The Morgan fingerprint density at radius 3 is 2.50 bits per heavy atom. The minimum atomic E-state index is -2.13. The van der Waals surface area contributed by atoms with Crippen molar-refractivity contribution in [1.29, 1.82) is 0 Å². The molecule has 1 unspecified atom stereocenters. The lowest BCUT2D eigenvalue weighted by Gasteiger charge is -2.01. The first-order chi connectivity index (χ1) is 6.59. The van der Waals surface area contributed by atoms with Gasteiger partial charge in [0.1, 0.15) is 0 Å². The van der Waals surface area contributed by atoms with Crippen LogP contribution in [0, 0.1) is 0 Å². The highest BCUT2D eigenvalue weighted by Crippen LogP contribution is 2.10. The molecule has 1 aromatic carbocycles. The van der Waals surface area contributed by atoms with Gasteiger partial charge >= 0.3 is 5.97 Å². The van der Waals surface area contributed by atoms with E-state index < -0.39 is 23.0 Å². The summed E-state index contributed by atoms with van der Waals surface area (Å²) in [7, 11) is 0. The molecule has 0 aliphatic carbocycles. The molecule has 6 heteroatoms. The Morgan fingerprint density at radius 2 is 2.00 bits per heavy atom. The van der Waals surface area contributed by atoms with Crippen molar-refractivity contribution in [2.75, 3.05) is 5.94 Å². The summed E-state index contributed by atoms with van der Waals surface area (Å²) in [5.74, 6) is -1.18. The van der Waals surface area contributed by atoms with Crippen LogP contribution < -0.4 is 0 Å². The number of rotatable bonds is 3. The van der Waals surface area contributed by atoms with Gasteiger partial charge in [-0.25, -0.2) is 9.00 Å². The Hall–Kier alpha value is -0.910. The van der Waals surface area contributed by atoms with E-state index >= 15 is 0 Å². The minimum absolute atomic E-state index is 0.292. The largest absolute Gasteiger partial charge is 0.446 e. The second kappa shape index (κ2) is 5.09. The maximum Gasteiger partial charge on any atom is 0.339 e. The number of hydrogen-bond donors (Lipinski definition) is 1. The van der Waals surface area contributed by atoms with Gasteiger partial charge in [0.25, 0.3) is 0 Å². The van der Waals surface area contributed by atoms with Gasteiger partial charge in [-0.3, -0.25) is 0 Å². The van der Waals surface area contributed by atoms with Gasteiger partial charge in [0, 0.05) is 5.02 Å². The molecule has 1 aromatic rings. The van der Waals surface area contributed by atoms with Crippen LogP contribution in [-0.2, 0) is 15.8 Å². The molecule has 0 bridgehead atoms. The Kier molecular flexibility index (Phi) is 4.06. The predicted molar refractivity (Wildman–Crippen MR) is 52.5 cm³/mol. The third-order valence-electron chi connectivity index (χ3n) is 1.37. The van der Waals surface area contributed by atoms with E-state index in [1.165, 1.54) is 24.3 Å². The SMILES string of the molecule is O=C(OCS(=O)O)c1ccc(Cl)cc1. The van der Waals surface area contributed by atoms with E-state index in [0.29, 0.717) is 10.6 Å². The van der Waals surface area contributed by atoms with Crippen LogP contribution in [0.1, 0.15) is 10.4 Å². The maximum absolute atomic E-state index is 11.1. The van der Waals surface area contributed by atoms with Gasteiger partial charge in [0.05, 0.1) is 5.56 Å². The summed E-state index contributed by atoms with van der Waals surface area (Å²) in [6, 6.07) is 6.03. The van der Waals surface area contributed by atoms with Crippen LogP contribution in [0.5, 0.6) is 0 Å². The quantitative estimate of drug-likeness (QED) is 0.638. The molecule has 0 saturated heterocycles. The summed E-state index contributed by atoms with van der Waals surface area (Å²) in [4.78, 5) is 11.1. The molecule has 76 valence electrons. The first-order valence-corrected chi connectivity index (χ1v) is 5.25. The van der Waals surface area contributed by atoms with Gasteiger partial charge in [0.15, 0.2) is 17.0 Å². The molecule has 0 amide bonds. The molecular formula is C8H7ClO4S. The molecular weight excluding hydrogens is 228 g/mol. The molecule has 0 aromatic heterocycles. The average molecular weight is 235 g/mol. The Morgan fingerprint density at radius 1 is 1.43 bits per heavy atom. The molecule has 0 heterocycles. The fourth-order valence-electron chi connectivity index (χ4n) is 0.773. The fraction of sp³-hybridized carbons (Fsp3) is 0.125. The van der Waals surface area contributed by atoms with Crippen molar-refractivity contribution in [1.82, 2.24) is 0 Å². The second-order valence-corrected chi connectivity index (χ2v) is 3.69. The van der Waals surface area contributed by atoms with Gasteiger partial charge in [-0.1, -0.05) is 11.6 Å². The predicted octanol–water partition coefficient (Wildman–Crippen LogP) is 1.68. The molecule has 0 aliphatic rings. The van der Waals surface area contributed by atoms with E-state index in [9.17, 15) is 9.00 Å². The van der Waals surface area contributed by atoms with Crippen LogP contribution in [0.4, 0.5) is 0 Å². The zero-order chi connectivity index (χ0) is 10.6. The van der Waals surface area contributed by atoms with Crippen molar-refractivity contribution in [3.05, 3.63) is 34.9 Å². The van der Waals surface area contributed by atoms with Crippen molar-refractivity contribution in [2.24, 2.45) is 0 Å². The highest BCUT2D eigenvalue weighted by molar-refractivity contribution is 7.79. The number of carbonyl (C=O) groups is 1. The fourth-order valence-corrected chi connectivity index (χ4v) is 1.11. The lowest BCUT2D eigenvalue weighted by molar-refractivity contribution is 0.0570. The summed E-state index contributed by atoms with van der Waals surface area (Å²) >= 11 is 3.47. The Labute approximate surface area is 88.1 Å². The summed E-state index contributed by atoms with van der Waals surface area (Å²) in [6.07, 6.45) is 0. The molecule has 4 nitrogen and oxygen atoms in total. The zero-order valence-electron chi connectivity index (χ0n) is 6.97. The van der Waals surface area contributed by atoms with Crippen LogP contribution in [0.2, 0.25) is 5.02 Å². The van der Waals surface area contributed by atoms with E-state index in [1.807, 2.05) is 0 Å². The van der Waals surface area contributed by atoms with Crippen molar-refractivity contribution in [2.45, 2.75) is 0 Å². The number of ether oxygens (including phenoxy) is 1. The van der Waals surface area contributed by atoms with Gasteiger partial charge in [0.2, 0.25) is 0 Å². The van der Waals surface area contributed by atoms with Gasteiger partial charge in [-0.15, -0.1) is 0 Å². The summed E-state index contributed by atoms with van der Waals surface area (Å²) < 4.78 is 23.1. The number of benzene rings is 1. The topological polar surface area (TPSA) is 63.6 Å². The lowest BCUT2D eigenvalue weighted by atomic mass is 10.2. The van der Waals surface area contributed by atoms with Crippen LogP contribution in [0.25, 0.3) is 0 Å². The zero-order valence-corrected chi connectivity index (χ0v) is 8.55. The Bertz CT molecular complexity index is 349. The van der Waals surface area contributed by atoms with Crippen LogP contribution in [0.3, 0.4) is 0 Å². The van der Waals surface area contributed by atoms with E-state index in [0.717, 1.165) is 0 Å². The van der Waals surface area contributed by atoms with Crippen LogP contribution in [0.15, 0.2) is 24.3 Å². The van der Waals surface area contributed by atoms with Crippen molar-refractivity contribution in [3.8, 4) is 0 Å². The van der Waals surface area contributed by atoms with Crippen LogP contribution >= 0.6 is 11.6 Å². The molecule has 1 rings (SSSR count). The summed E-state index contributed by atoms with van der Waals surface area (Å²) in [5, 5.41) is 0.507. The van der Waals surface area contributed by atoms with Crippen molar-refractivity contribution >= 4 is 28.7 Å². The molecule has 0 spiro atoms. The molecule has 14 heavy (non-hydrogen) atoms. The minimum Gasteiger partial charge on any atom is -0.446 e. The molecule has 1 atom stereocenters. The van der Waals surface area contributed by atoms with E-state index in [-0.39, 0.29) is 0 Å². The number of halogens is 1. The summed E-state index contributed by atoms with van der Waals surface area (Å²) in [6.45, 7) is 0. The maximum atomic E-state index is 11.1. The average Bonchev–Trinajstić information content (AvgIpc) is 2.15. The number of carbonyl (C=O) groups excluding carboxylic acids is 1. The molecule has 0 aliphatic heterocycles. The molecule has 0 saturated carbocycles. The monoisotopic (exact) mass is 234 g/mol. The van der Waals surface area contributed by atoms with Crippen molar-refractivity contribution in [3.63, 3.8) is 0 Å². The third-order valence-corrected chi connectivity index (χ3v) is 1.94. The van der Waals surface area contributed by atoms with Gasteiger partial charge < -0.3 is 9.29 Å². The highest BCUT2D eigenvalue weighted by Gasteiger charge is 2.07. The first kappa shape index (κ1) is 11.2. The van der Waals surface area contributed by atoms with E-state index in [1.54, 1.807) is 0 Å². The smallest absolute Gasteiger partial charge is 0.339 e. The van der Waals surface area contributed by atoms with E-state index in [2.05, 4.69) is 4.74 Å². The summed E-state index contributed by atoms with van der Waals surface area (Å²) in [5.41, 5.74) is 0.292. The normalized spacial score (nSPS) is 12.1. The van der Waals surface area contributed by atoms with Crippen molar-refractivity contribution < 1.29 is 18.3 Å². The molecule has 1 N–H and O–H groups in total.